The van der Waals surface area contributed by atoms with Gasteiger partial charge in [0.25, 0.3) is 0 Å². The van der Waals surface area contributed by atoms with Crippen molar-refractivity contribution in [2.75, 3.05) is 13.1 Å². The van der Waals surface area contributed by atoms with Crippen molar-refractivity contribution in [3.63, 3.8) is 0 Å². The van der Waals surface area contributed by atoms with Gasteiger partial charge in [-0.3, -0.25) is 0 Å². The molecule has 0 fully saturated rings. The SMILES string of the molecule is CCNC(=NCc1nc(C(F)(F)F)cs1)NCCc1csc(C(C)C)n1. The van der Waals surface area contributed by atoms with Crippen LogP contribution < -0.4 is 10.6 Å². The van der Waals surface area contributed by atoms with Gasteiger partial charge in [0, 0.05) is 36.2 Å². The van der Waals surface area contributed by atoms with E-state index >= 15 is 0 Å². The van der Waals surface area contributed by atoms with E-state index in [1.165, 1.54) is 0 Å². The van der Waals surface area contributed by atoms with Crippen molar-refractivity contribution in [3.8, 4) is 0 Å². The minimum absolute atomic E-state index is 0.101. The summed E-state index contributed by atoms with van der Waals surface area (Å²) in [6.07, 6.45) is -3.66. The molecule has 0 saturated heterocycles. The van der Waals surface area contributed by atoms with Crippen molar-refractivity contribution in [1.82, 2.24) is 20.6 Å². The lowest BCUT2D eigenvalue weighted by Crippen LogP contribution is -2.38. The van der Waals surface area contributed by atoms with E-state index in [1.54, 1.807) is 11.3 Å². The molecule has 10 heteroatoms. The van der Waals surface area contributed by atoms with Gasteiger partial charge in [0.1, 0.15) is 5.01 Å². The van der Waals surface area contributed by atoms with Gasteiger partial charge in [0.2, 0.25) is 0 Å². The van der Waals surface area contributed by atoms with Crippen molar-refractivity contribution in [2.24, 2.45) is 4.99 Å². The lowest BCUT2D eigenvalue weighted by molar-refractivity contribution is -0.140. The van der Waals surface area contributed by atoms with Crippen molar-refractivity contribution in [3.05, 3.63) is 32.2 Å². The van der Waals surface area contributed by atoms with Gasteiger partial charge in [-0.05, 0) is 6.92 Å². The zero-order valence-corrected chi connectivity index (χ0v) is 16.5. The van der Waals surface area contributed by atoms with Crippen LogP contribution in [-0.4, -0.2) is 29.0 Å². The zero-order chi connectivity index (χ0) is 19.2. The van der Waals surface area contributed by atoms with E-state index in [0.29, 0.717) is 30.0 Å². The van der Waals surface area contributed by atoms with Crippen molar-refractivity contribution in [1.29, 1.82) is 0 Å². The quantitative estimate of drug-likeness (QED) is 0.539. The maximum atomic E-state index is 12.6. The second-order valence-corrected chi connectivity index (χ2v) is 7.66. The molecule has 2 N–H and O–H groups in total. The number of guanidine groups is 1. The highest BCUT2D eigenvalue weighted by Crippen LogP contribution is 2.30. The van der Waals surface area contributed by atoms with E-state index in [0.717, 1.165) is 33.8 Å². The average Bonchev–Trinajstić information content (AvgIpc) is 3.21. The van der Waals surface area contributed by atoms with Gasteiger partial charge >= 0.3 is 6.18 Å². The largest absolute Gasteiger partial charge is 0.434 e. The second kappa shape index (κ2) is 9.31. The number of alkyl halides is 3. The summed E-state index contributed by atoms with van der Waals surface area (Å²) < 4.78 is 37.7. The Bertz CT molecular complexity index is 722. The lowest BCUT2D eigenvalue weighted by Gasteiger charge is -2.10. The van der Waals surface area contributed by atoms with Gasteiger partial charge in [0.05, 0.1) is 17.2 Å². The Labute approximate surface area is 158 Å². The summed E-state index contributed by atoms with van der Waals surface area (Å²) in [5, 5.41) is 10.8. The molecule has 0 atom stereocenters. The zero-order valence-electron chi connectivity index (χ0n) is 14.9. The highest BCUT2D eigenvalue weighted by molar-refractivity contribution is 7.10. The predicted octanol–water partition coefficient (Wildman–Crippen LogP) is 4.04. The summed E-state index contributed by atoms with van der Waals surface area (Å²) in [7, 11) is 0. The molecule has 5 nitrogen and oxygen atoms in total. The first-order valence-corrected chi connectivity index (χ1v) is 10.0. The maximum absolute atomic E-state index is 12.6. The van der Waals surface area contributed by atoms with Gasteiger partial charge in [-0.2, -0.15) is 13.2 Å². The third kappa shape index (κ3) is 6.24. The first-order chi connectivity index (χ1) is 12.3. The molecule has 0 aliphatic carbocycles. The molecule has 0 spiro atoms. The second-order valence-electron chi connectivity index (χ2n) is 5.83. The minimum Gasteiger partial charge on any atom is -0.357 e. The third-order valence-electron chi connectivity index (χ3n) is 3.30. The molecule has 2 aromatic rings. The van der Waals surface area contributed by atoms with Crippen LogP contribution in [0.1, 0.15) is 48.1 Å². The topological polar surface area (TPSA) is 62.2 Å². The molecule has 0 aliphatic heterocycles. The summed E-state index contributed by atoms with van der Waals surface area (Å²) in [5.74, 6) is 0.969. The van der Waals surface area contributed by atoms with Gasteiger partial charge in [-0.25, -0.2) is 15.0 Å². The summed E-state index contributed by atoms with van der Waals surface area (Å²) in [6.45, 7) is 7.55. The van der Waals surface area contributed by atoms with E-state index < -0.39 is 11.9 Å². The van der Waals surface area contributed by atoms with Crippen LogP contribution in [0.15, 0.2) is 15.8 Å². The van der Waals surface area contributed by atoms with Gasteiger partial charge in [0.15, 0.2) is 11.7 Å². The Morgan fingerprint density at radius 3 is 2.54 bits per heavy atom. The molecule has 2 rings (SSSR count). The highest BCUT2D eigenvalue weighted by Gasteiger charge is 2.33. The number of thiazole rings is 2. The fourth-order valence-electron chi connectivity index (χ4n) is 2.01. The smallest absolute Gasteiger partial charge is 0.357 e. The molecule has 0 aliphatic rings. The van der Waals surface area contributed by atoms with Gasteiger partial charge in [-0.1, -0.05) is 13.8 Å². The molecule has 0 radical (unpaired) electrons. The normalized spacial score (nSPS) is 12.7. The first-order valence-electron chi connectivity index (χ1n) is 8.27. The molecule has 0 saturated carbocycles. The summed E-state index contributed by atoms with van der Waals surface area (Å²) in [5.41, 5.74) is 0.159. The number of nitrogens with zero attached hydrogens (tertiary/aromatic N) is 3. The van der Waals surface area contributed by atoms with Crippen LogP contribution in [0.4, 0.5) is 13.2 Å². The number of aromatic nitrogens is 2. The number of hydrogen-bond acceptors (Lipinski definition) is 5. The number of nitrogens with one attached hydrogen (secondary N) is 2. The number of halogens is 3. The minimum atomic E-state index is -4.41. The van der Waals surface area contributed by atoms with Crippen LogP contribution in [0, 0.1) is 0 Å². The molecule has 2 heterocycles. The fraction of sp³-hybridized carbons (Fsp3) is 0.562. The van der Waals surface area contributed by atoms with Crippen molar-refractivity contribution < 1.29 is 13.2 Å². The van der Waals surface area contributed by atoms with E-state index in [1.807, 2.05) is 6.92 Å². The third-order valence-corrected chi connectivity index (χ3v) is 5.32. The summed E-state index contributed by atoms with van der Waals surface area (Å²) >= 11 is 2.62. The van der Waals surface area contributed by atoms with Crippen LogP contribution in [0.5, 0.6) is 0 Å². The molecule has 0 aromatic carbocycles. The fourth-order valence-corrected chi connectivity index (χ4v) is 3.61. The molecular formula is C16H22F3N5S2. The lowest BCUT2D eigenvalue weighted by atomic mass is 10.2. The average molecular weight is 406 g/mol. The number of hydrogen-bond donors (Lipinski definition) is 2. The molecular weight excluding hydrogens is 383 g/mol. The Morgan fingerprint density at radius 2 is 1.96 bits per heavy atom. The summed E-state index contributed by atoms with van der Waals surface area (Å²) in [6, 6.07) is 0. The van der Waals surface area contributed by atoms with Crippen LogP contribution in [0.25, 0.3) is 0 Å². The van der Waals surface area contributed by atoms with Crippen molar-refractivity contribution >= 4 is 28.6 Å². The van der Waals surface area contributed by atoms with E-state index in [2.05, 4.69) is 44.8 Å². The molecule has 26 heavy (non-hydrogen) atoms. The van der Waals surface area contributed by atoms with Crippen molar-refractivity contribution in [2.45, 2.75) is 45.8 Å². The van der Waals surface area contributed by atoms with Crippen LogP contribution in [0.2, 0.25) is 0 Å². The number of rotatable bonds is 7. The van der Waals surface area contributed by atoms with E-state index in [-0.39, 0.29) is 6.54 Å². The molecule has 144 valence electrons. The molecule has 2 aromatic heterocycles. The monoisotopic (exact) mass is 405 g/mol. The van der Waals surface area contributed by atoms with Crippen LogP contribution in [0.3, 0.4) is 0 Å². The molecule has 0 unspecified atom stereocenters. The van der Waals surface area contributed by atoms with Crippen LogP contribution in [-0.2, 0) is 19.1 Å². The Kier molecular flexibility index (Phi) is 7.39. The highest BCUT2D eigenvalue weighted by atomic mass is 32.1. The molecule has 0 amide bonds. The first kappa shape index (κ1) is 20.6. The standard InChI is InChI=1S/C16H22F3N5S2/c1-4-20-15(21-6-5-11-8-26-14(23-11)10(2)3)22-7-13-24-12(9-25-13)16(17,18)19/h8-10H,4-7H2,1-3H3,(H2,20,21,22). The Morgan fingerprint density at radius 1 is 1.19 bits per heavy atom. The van der Waals surface area contributed by atoms with Gasteiger partial charge < -0.3 is 10.6 Å². The van der Waals surface area contributed by atoms with E-state index in [4.69, 9.17) is 0 Å². The summed E-state index contributed by atoms with van der Waals surface area (Å²) in [4.78, 5) is 12.5. The van der Waals surface area contributed by atoms with E-state index in [9.17, 15) is 13.2 Å². The van der Waals surface area contributed by atoms with Crippen LogP contribution >= 0.6 is 22.7 Å². The van der Waals surface area contributed by atoms with Gasteiger partial charge in [-0.15, -0.1) is 22.7 Å². The number of aliphatic imine (C=N–C) groups is 1. The predicted molar refractivity (Wildman–Crippen MR) is 99.8 cm³/mol. The Balaban J connectivity index is 1.88. The Hall–Kier alpha value is -1.68. The maximum Gasteiger partial charge on any atom is 0.434 e. The molecule has 0 bridgehead atoms.